The zero-order chi connectivity index (χ0) is 15.0. The van der Waals surface area contributed by atoms with Gasteiger partial charge in [-0.1, -0.05) is 6.08 Å². The molecule has 0 unspecified atom stereocenters. The Morgan fingerprint density at radius 2 is 2.14 bits per heavy atom. The third-order valence-corrected chi connectivity index (χ3v) is 3.70. The van der Waals surface area contributed by atoms with Gasteiger partial charge in [0, 0.05) is 35.8 Å². The average Bonchev–Trinajstić information content (AvgIpc) is 2.89. The number of amides is 1. The number of halogens is 3. The summed E-state index contributed by atoms with van der Waals surface area (Å²) in [6, 6.07) is 4.48. The Morgan fingerprint density at radius 1 is 1.33 bits per heavy atom. The quantitative estimate of drug-likeness (QED) is 0.907. The first-order valence-electron chi connectivity index (χ1n) is 6.59. The first-order chi connectivity index (χ1) is 10.1. The predicted octanol–water partition coefficient (Wildman–Crippen LogP) is 3.19. The van der Waals surface area contributed by atoms with Crippen LogP contribution in [-0.2, 0) is 4.79 Å². The smallest absolute Gasteiger partial charge is 0.315 e. The Kier molecular flexibility index (Phi) is 3.45. The Labute approximate surface area is 119 Å². The van der Waals surface area contributed by atoms with Gasteiger partial charge >= 0.3 is 6.43 Å². The van der Waals surface area contributed by atoms with Crippen molar-refractivity contribution in [2.24, 2.45) is 0 Å². The molecule has 1 N–H and O–H groups in total. The molecular formula is C15H13F3N2O. The van der Waals surface area contributed by atoms with E-state index in [2.05, 4.69) is 4.98 Å². The van der Waals surface area contributed by atoms with Gasteiger partial charge in [-0.15, -0.1) is 0 Å². The number of H-pyrrole nitrogens is 1. The van der Waals surface area contributed by atoms with Crippen molar-refractivity contribution in [1.29, 1.82) is 0 Å². The van der Waals surface area contributed by atoms with E-state index in [4.69, 9.17) is 0 Å². The van der Waals surface area contributed by atoms with Gasteiger partial charge < -0.3 is 9.88 Å². The lowest BCUT2D eigenvalue weighted by Crippen LogP contribution is -2.38. The molecule has 0 saturated heterocycles. The molecule has 6 heteroatoms. The minimum absolute atomic E-state index is 0.173. The zero-order valence-corrected chi connectivity index (χ0v) is 11.1. The van der Waals surface area contributed by atoms with Gasteiger partial charge in [-0.3, -0.25) is 4.79 Å². The second-order valence-corrected chi connectivity index (χ2v) is 4.96. The van der Waals surface area contributed by atoms with Crippen LogP contribution in [0.15, 0.2) is 30.5 Å². The number of aromatic nitrogens is 1. The van der Waals surface area contributed by atoms with Gasteiger partial charge in [0.15, 0.2) is 0 Å². The van der Waals surface area contributed by atoms with Crippen molar-refractivity contribution in [2.45, 2.75) is 12.8 Å². The molecule has 21 heavy (non-hydrogen) atoms. The van der Waals surface area contributed by atoms with Crippen LogP contribution in [0.1, 0.15) is 12.0 Å². The maximum absolute atomic E-state index is 13.2. The molecule has 2 aromatic rings. The van der Waals surface area contributed by atoms with E-state index in [1.54, 1.807) is 18.3 Å². The number of nitrogens with one attached hydrogen (secondary N) is 1. The fourth-order valence-corrected chi connectivity index (χ4v) is 2.62. The molecule has 0 saturated carbocycles. The van der Waals surface area contributed by atoms with Crippen molar-refractivity contribution in [2.75, 3.05) is 13.1 Å². The molecule has 0 bridgehead atoms. The lowest BCUT2D eigenvalue weighted by molar-refractivity contribution is -0.142. The van der Waals surface area contributed by atoms with E-state index in [1.165, 1.54) is 12.1 Å². The fourth-order valence-electron chi connectivity index (χ4n) is 2.62. The fraction of sp³-hybridized carbons (Fsp3) is 0.267. The molecule has 3 nitrogen and oxygen atoms in total. The minimum atomic E-state index is -2.96. The second-order valence-electron chi connectivity index (χ2n) is 4.96. The highest BCUT2D eigenvalue weighted by Gasteiger charge is 2.25. The van der Waals surface area contributed by atoms with E-state index >= 15 is 0 Å². The van der Waals surface area contributed by atoms with Gasteiger partial charge in [0.05, 0.1) is 0 Å². The second kappa shape index (κ2) is 5.27. The maximum atomic E-state index is 13.2. The van der Waals surface area contributed by atoms with Crippen LogP contribution in [0.2, 0.25) is 0 Å². The van der Waals surface area contributed by atoms with E-state index < -0.39 is 12.3 Å². The van der Waals surface area contributed by atoms with Crippen LogP contribution in [0, 0.1) is 5.82 Å². The number of alkyl halides is 2. The number of benzene rings is 1. The van der Waals surface area contributed by atoms with E-state index in [-0.39, 0.29) is 18.9 Å². The number of nitrogens with zero attached hydrogens (tertiary/aromatic N) is 1. The van der Waals surface area contributed by atoms with Crippen LogP contribution in [0.3, 0.4) is 0 Å². The Balaban J connectivity index is 1.86. The van der Waals surface area contributed by atoms with Gasteiger partial charge in [-0.25, -0.2) is 4.39 Å². The zero-order valence-electron chi connectivity index (χ0n) is 11.1. The largest absolute Gasteiger partial charge is 0.360 e. The van der Waals surface area contributed by atoms with Crippen LogP contribution in [0.5, 0.6) is 0 Å². The Bertz CT molecular complexity index is 721. The number of rotatable bonds is 2. The molecule has 1 aromatic heterocycles. The summed E-state index contributed by atoms with van der Waals surface area (Å²) in [5.74, 6) is -1.45. The van der Waals surface area contributed by atoms with Crippen molar-refractivity contribution in [3.05, 3.63) is 41.9 Å². The van der Waals surface area contributed by atoms with Crippen molar-refractivity contribution < 1.29 is 18.0 Å². The normalized spacial score (nSPS) is 15.6. The third kappa shape index (κ3) is 2.53. The molecule has 3 rings (SSSR count). The molecule has 1 aliphatic rings. The van der Waals surface area contributed by atoms with Crippen LogP contribution >= 0.6 is 0 Å². The predicted molar refractivity (Wildman–Crippen MR) is 73.4 cm³/mol. The highest BCUT2D eigenvalue weighted by molar-refractivity contribution is 5.93. The standard InChI is InChI=1S/C15H13F3N2O/c16-10-1-2-11-12(8-19-13(11)7-10)9-3-5-20(6-4-9)15(21)14(17)18/h1-3,7-8,14,19H,4-6H2. The van der Waals surface area contributed by atoms with Gasteiger partial charge in [-0.2, -0.15) is 8.78 Å². The molecular weight excluding hydrogens is 281 g/mol. The topological polar surface area (TPSA) is 36.1 Å². The van der Waals surface area contributed by atoms with E-state index in [1.807, 2.05) is 0 Å². The van der Waals surface area contributed by atoms with Crippen LogP contribution in [0.4, 0.5) is 13.2 Å². The van der Waals surface area contributed by atoms with Gasteiger partial charge in [0.1, 0.15) is 5.82 Å². The first-order valence-corrected chi connectivity index (χ1v) is 6.59. The molecule has 0 aliphatic carbocycles. The van der Waals surface area contributed by atoms with Crippen LogP contribution < -0.4 is 0 Å². The summed E-state index contributed by atoms with van der Waals surface area (Å²) in [5.41, 5.74) is 2.59. The molecule has 2 heterocycles. The van der Waals surface area contributed by atoms with E-state index in [0.29, 0.717) is 11.9 Å². The molecule has 110 valence electrons. The van der Waals surface area contributed by atoms with Crippen molar-refractivity contribution >= 4 is 22.4 Å². The summed E-state index contributed by atoms with van der Waals surface area (Å²) in [6.45, 7) is 0.440. The van der Waals surface area contributed by atoms with E-state index in [9.17, 15) is 18.0 Å². The number of hydrogen-bond donors (Lipinski definition) is 1. The highest BCUT2D eigenvalue weighted by Crippen LogP contribution is 2.29. The number of hydrogen-bond acceptors (Lipinski definition) is 1. The minimum Gasteiger partial charge on any atom is -0.360 e. The third-order valence-electron chi connectivity index (χ3n) is 3.70. The van der Waals surface area contributed by atoms with Gasteiger partial charge in [-0.05, 0) is 30.2 Å². The summed E-state index contributed by atoms with van der Waals surface area (Å²) in [6.07, 6.45) is 1.09. The number of carbonyl (C=O) groups is 1. The molecule has 0 radical (unpaired) electrons. The highest BCUT2D eigenvalue weighted by atomic mass is 19.3. The average molecular weight is 294 g/mol. The molecule has 1 aromatic carbocycles. The Hall–Kier alpha value is -2.24. The number of carbonyl (C=O) groups excluding carboxylic acids is 1. The molecule has 1 aliphatic heterocycles. The lowest BCUT2D eigenvalue weighted by atomic mass is 9.99. The van der Waals surface area contributed by atoms with Gasteiger partial charge in [0.25, 0.3) is 5.91 Å². The SMILES string of the molecule is O=C(C(F)F)N1CC=C(c2c[nH]c3cc(F)ccc23)CC1. The molecule has 0 fully saturated rings. The monoisotopic (exact) mass is 294 g/mol. The van der Waals surface area contributed by atoms with Crippen molar-refractivity contribution in [3.8, 4) is 0 Å². The summed E-state index contributed by atoms with van der Waals surface area (Å²) in [7, 11) is 0. The molecule has 0 spiro atoms. The molecule has 1 amide bonds. The Morgan fingerprint density at radius 3 is 2.81 bits per heavy atom. The maximum Gasteiger partial charge on any atom is 0.315 e. The van der Waals surface area contributed by atoms with Crippen molar-refractivity contribution in [3.63, 3.8) is 0 Å². The van der Waals surface area contributed by atoms with Gasteiger partial charge in [0.2, 0.25) is 0 Å². The summed E-state index contributed by atoms with van der Waals surface area (Å²) in [4.78, 5) is 15.4. The number of fused-ring (bicyclic) bond motifs is 1. The molecule has 0 atom stereocenters. The summed E-state index contributed by atoms with van der Waals surface area (Å²) >= 11 is 0. The van der Waals surface area contributed by atoms with Crippen molar-refractivity contribution in [1.82, 2.24) is 9.88 Å². The van der Waals surface area contributed by atoms with E-state index in [0.717, 1.165) is 21.4 Å². The number of aromatic amines is 1. The first kappa shape index (κ1) is 13.7. The summed E-state index contributed by atoms with van der Waals surface area (Å²) in [5, 5.41) is 0.885. The lowest BCUT2D eigenvalue weighted by Gasteiger charge is -2.26. The van der Waals surface area contributed by atoms with Crippen LogP contribution in [0.25, 0.3) is 16.5 Å². The summed E-state index contributed by atoms with van der Waals surface area (Å²) < 4.78 is 37.9. The van der Waals surface area contributed by atoms with Crippen LogP contribution in [-0.4, -0.2) is 35.3 Å².